The Morgan fingerprint density at radius 2 is 2.00 bits per heavy atom. The Bertz CT molecular complexity index is 249. The van der Waals surface area contributed by atoms with Crippen LogP contribution in [-0.2, 0) is 14.3 Å². The van der Waals surface area contributed by atoms with Gasteiger partial charge in [0.05, 0.1) is 10.7 Å². The summed E-state index contributed by atoms with van der Waals surface area (Å²) in [5.41, 5.74) is -0.423. The lowest BCUT2D eigenvalue weighted by atomic mass is 9.77. The molecule has 1 amide bonds. The summed E-state index contributed by atoms with van der Waals surface area (Å²) in [6.07, 6.45) is 1.38. The Hall–Kier alpha value is -0.420. The number of Topliss-reactive ketones (excluding diaryl/α,β-unsaturated/α-hetero) is 1. The van der Waals surface area contributed by atoms with Gasteiger partial charge < -0.3 is 10.1 Å². The van der Waals surface area contributed by atoms with Gasteiger partial charge in [0.15, 0.2) is 5.78 Å². The van der Waals surface area contributed by atoms with Gasteiger partial charge in [-0.3, -0.25) is 9.59 Å². The Morgan fingerprint density at radius 3 is 2.47 bits per heavy atom. The van der Waals surface area contributed by atoms with Crippen molar-refractivity contribution in [1.29, 1.82) is 0 Å². The lowest BCUT2D eigenvalue weighted by Gasteiger charge is -2.35. The third-order valence-electron chi connectivity index (χ3n) is 2.84. The van der Waals surface area contributed by atoms with Crippen LogP contribution in [0.1, 0.15) is 19.8 Å². The van der Waals surface area contributed by atoms with E-state index in [1.165, 1.54) is 6.92 Å². The molecule has 0 saturated carbocycles. The van der Waals surface area contributed by atoms with Crippen molar-refractivity contribution in [2.75, 3.05) is 25.1 Å². The lowest BCUT2D eigenvalue weighted by molar-refractivity contribution is -0.132. The molecule has 1 N–H and O–H groups in total. The van der Waals surface area contributed by atoms with Crippen LogP contribution in [0.2, 0.25) is 0 Å². The molecule has 0 unspecified atom stereocenters. The number of carbonyl (C=O) groups excluding carboxylic acids is 2. The van der Waals surface area contributed by atoms with Gasteiger partial charge in [-0.1, -0.05) is 15.9 Å². The van der Waals surface area contributed by atoms with E-state index in [0.29, 0.717) is 37.9 Å². The molecule has 0 spiro atoms. The number of hydrogen-bond donors (Lipinski definition) is 1. The highest BCUT2D eigenvalue weighted by atomic mass is 79.9. The van der Waals surface area contributed by atoms with Crippen molar-refractivity contribution in [1.82, 2.24) is 5.32 Å². The molecule has 1 heterocycles. The van der Waals surface area contributed by atoms with Crippen molar-refractivity contribution >= 4 is 27.6 Å². The van der Waals surface area contributed by atoms with Crippen LogP contribution in [0.15, 0.2) is 0 Å². The third-order valence-corrected chi connectivity index (χ3v) is 3.35. The van der Waals surface area contributed by atoms with Gasteiger partial charge in [-0.25, -0.2) is 0 Å². The van der Waals surface area contributed by atoms with Gasteiger partial charge in [-0.15, -0.1) is 0 Å². The van der Waals surface area contributed by atoms with Gasteiger partial charge in [-0.05, 0) is 12.8 Å². The van der Waals surface area contributed by atoms with Crippen molar-refractivity contribution in [3.05, 3.63) is 0 Å². The average molecular weight is 278 g/mol. The Balaban J connectivity index is 2.66. The molecule has 0 aromatic heterocycles. The number of ether oxygens (including phenoxy) is 1. The average Bonchev–Trinajstić information content (AvgIpc) is 2.26. The minimum atomic E-state index is -0.423. The molecule has 15 heavy (non-hydrogen) atoms. The number of rotatable bonds is 4. The van der Waals surface area contributed by atoms with Crippen LogP contribution in [0.4, 0.5) is 0 Å². The van der Waals surface area contributed by atoms with Gasteiger partial charge in [0.1, 0.15) is 0 Å². The highest BCUT2D eigenvalue weighted by Gasteiger charge is 2.38. The first kappa shape index (κ1) is 12.6. The monoisotopic (exact) mass is 277 g/mol. The molecule has 0 aliphatic carbocycles. The van der Waals surface area contributed by atoms with Crippen LogP contribution in [0.5, 0.6) is 0 Å². The molecule has 0 aromatic carbocycles. The van der Waals surface area contributed by atoms with Crippen molar-refractivity contribution < 1.29 is 14.3 Å². The molecule has 0 aromatic rings. The highest BCUT2D eigenvalue weighted by Crippen LogP contribution is 2.31. The number of alkyl halides is 1. The van der Waals surface area contributed by atoms with Crippen LogP contribution >= 0.6 is 15.9 Å². The van der Waals surface area contributed by atoms with E-state index in [4.69, 9.17) is 4.74 Å². The number of halogens is 1. The fourth-order valence-corrected chi connectivity index (χ4v) is 2.35. The van der Waals surface area contributed by atoms with Crippen LogP contribution in [0.3, 0.4) is 0 Å². The fourth-order valence-electron chi connectivity index (χ4n) is 1.75. The molecule has 1 aliphatic heterocycles. The smallest absolute Gasteiger partial charge is 0.216 e. The zero-order valence-corrected chi connectivity index (χ0v) is 10.4. The van der Waals surface area contributed by atoms with E-state index >= 15 is 0 Å². The predicted octanol–water partition coefficient (Wildman–Crippen LogP) is 0.883. The van der Waals surface area contributed by atoms with E-state index in [2.05, 4.69) is 21.2 Å². The van der Waals surface area contributed by atoms with Gasteiger partial charge in [0.2, 0.25) is 5.91 Å². The molecule has 1 saturated heterocycles. The molecule has 4 nitrogen and oxygen atoms in total. The number of nitrogens with one attached hydrogen (secondary N) is 1. The maximum Gasteiger partial charge on any atom is 0.216 e. The van der Waals surface area contributed by atoms with E-state index in [1.807, 2.05) is 0 Å². The summed E-state index contributed by atoms with van der Waals surface area (Å²) in [4.78, 5) is 22.7. The van der Waals surface area contributed by atoms with Gasteiger partial charge in [0, 0.05) is 26.7 Å². The van der Waals surface area contributed by atoms with E-state index in [0.717, 1.165) is 0 Å². The van der Waals surface area contributed by atoms with Crippen LogP contribution in [0, 0.1) is 5.41 Å². The van der Waals surface area contributed by atoms with Gasteiger partial charge in [-0.2, -0.15) is 0 Å². The maximum atomic E-state index is 11.8. The van der Waals surface area contributed by atoms with E-state index in [9.17, 15) is 9.59 Å². The molecular formula is C10H16BrNO3. The number of carbonyl (C=O) groups is 2. The Labute approximate surface area is 97.9 Å². The predicted molar refractivity (Wildman–Crippen MR) is 60.0 cm³/mol. The third kappa shape index (κ3) is 3.28. The maximum absolute atomic E-state index is 11.8. The first-order chi connectivity index (χ1) is 7.10. The standard InChI is InChI=1S/C10H16BrNO3/c1-8(13)12-7-10(9(14)6-11)2-4-15-5-3-10/h2-7H2,1H3,(H,12,13). The second kappa shape index (κ2) is 5.61. The van der Waals surface area contributed by atoms with Crippen molar-refractivity contribution in [2.24, 2.45) is 5.41 Å². The molecule has 1 aliphatic rings. The summed E-state index contributed by atoms with van der Waals surface area (Å²) in [5.74, 6) is 0.0581. The lowest BCUT2D eigenvalue weighted by Crippen LogP contribution is -2.46. The molecule has 0 atom stereocenters. The second-order valence-electron chi connectivity index (χ2n) is 3.86. The fraction of sp³-hybridized carbons (Fsp3) is 0.800. The summed E-state index contributed by atoms with van der Waals surface area (Å²) < 4.78 is 5.25. The van der Waals surface area contributed by atoms with Crippen molar-refractivity contribution in [3.8, 4) is 0 Å². The summed E-state index contributed by atoms with van der Waals surface area (Å²) in [7, 11) is 0. The van der Waals surface area contributed by atoms with Crippen molar-refractivity contribution in [2.45, 2.75) is 19.8 Å². The van der Waals surface area contributed by atoms with Crippen LogP contribution < -0.4 is 5.32 Å². The summed E-state index contributed by atoms with van der Waals surface area (Å²) in [6, 6.07) is 0. The van der Waals surface area contributed by atoms with Crippen LogP contribution in [0.25, 0.3) is 0 Å². The molecule has 86 valence electrons. The van der Waals surface area contributed by atoms with Crippen molar-refractivity contribution in [3.63, 3.8) is 0 Å². The molecule has 5 heteroatoms. The van der Waals surface area contributed by atoms with E-state index in [-0.39, 0.29) is 11.7 Å². The summed E-state index contributed by atoms with van der Waals surface area (Å²) in [6.45, 7) is 3.08. The van der Waals surface area contributed by atoms with Crippen LogP contribution in [-0.4, -0.2) is 36.8 Å². The quantitative estimate of drug-likeness (QED) is 0.777. The second-order valence-corrected chi connectivity index (χ2v) is 4.42. The number of hydrogen-bond acceptors (Lipinski definition) is 3. The summed E-state index contributed by atoms with van der Waals surface area (Å²) >= 11 is 3.19. The number of amides is 1. The van der Waals surface area contributed by atoms with E-state index < -0.39 is 5.41 Å². The van der Waals surface area contributed by atoms with Gasteiger partial charge >= 0.3 is 0 Å². The minimum Gasteiger partial charge on any atom is -0.381 e. The SMILES string of the molecule is CC(=O)NCC1(C(=O)CBr)CCOCC1. The molecule has 0 bridgehead atoms. The van der Waals surface area contributed by atoms with E-state index in [1.54, 1.807) is 0 Å². The zero-order chi connectivity index (χ0) is 11.3. The zero-order valence-electron chi connectivity index (χ0n) is 8.85. The Kier molecular flexibility index (Phi) is 4.73. The molecule has 1 rings (SSSR count). The van der Waals surface area contributed by atoms with Gasteiger partial charge in [0.25, 0.3) is 0 Å². The first-order valence-corrected chi connectivity index (χ1v) is 6.14. The molecule has 1 fully saturated rings. The topological polar surface area (TPSA) is 55.4 Å². The first-order valence-electron chi connectivity index (χ1n) is 5.02. The minimum absolute atomic E-state index is 0.0942. The molecule has 0 radical (unpaired) electrons. The normalized spacial score (nSPS) is 19.6. The highest BCUT2D eigenvalue weighted by molar-refractivity contribution is 9.09. The number of ketones is 1. The Morgan fingerprint density at radius 1 is 1.40 bits per heavy atom. The molecular weight excluding hydrogens is 262 g/mol. The summed E-state index contributed by atoms with van der Waals surface area (Å²) in [5, 5.41) is 3.08. The largest absolute Gasteiger partial charge is 0.381 e.